The number of halogens is 2. The zero-order valence-electron chi connectivity index (χ0n) is 9.13. The topological polar surface area (TPSA) is 26.3 Å². The van der Waals surface area contributed by atoms with Gasteiger partial charge in [-0.25, -0.2) is 0 Å². The normalized spacial score (nSPS) is 10.2. The number of benzene rings is 1. The molecule has 4 heteroatoms. The fraction of sp³-hybridized carbons (Fsp3) is 0.417. The lowest BCUT2D eigenvalue weighted by Gasteiger charge is -2.07. The Hall–Kier alpha value is -0.540. The minimum Gasteiger partial charge on any atom is -0.466 e. The van der Waals surface area contributed by atoms with Crippen LogP contribution in [0.3, 0.4) is 0 Å². The largest absolute Gasteiger partial charge is 0.466 e. The van der Waals surface area contributed by atoms with Crippen molar-refractivity contribution in [2.24, 2.45) is 0 Å². The van der Waals surface area contributed by atoms with E-state index in [1.807, 2.05) is 18.2 Å². The zero-order chi connectivity index (χ0) is 12.0. The Balaban J connectivity index is 2.50. The number of hydrogen-bond acceptors (Lipinski definition) is 2. The second-order valence-electron chi connectivity index (χ2n) is 3.49. The van der Waals surface area contributed by atoms with E-state index in [-0.39, 0.29) is 5.97 Å². The van der Waals surface area contributed by atoms with Gasteiger partial charge in [-0.2, -0.15) is 0 Å². The van der Waals surface area contributed by atoms with E-state index in [1.54, 1.807) is 0 Å². The van der Waals surface area contributed by atoms with Crippen LogP contribution in [-0.4, -0.2) is 12.6 Å². The zero-order valence-corrected chi connectivity index (χ0v) is 11.5. The van der Waals surface area contributed by atoms with Crippen molar-refractivity contribution in [3.63, 3.8) is 0 Å². The molecule has 0 fully saturated rings. The SMILES string of the molecule is CC(=O)OCCCc1ccc(Cl)cc1CBr. The molecule has 0 aliphatic heterocycles. The van der Waals surface area contributed by atoms with Crippen LogP contribution in [0.15, 0.2) is 18.2 Å². The van der Waals surface area contributed by atoms with Crippen LogP contribution in [0.2, 0.25) is 5.02 Å². The third kappa shape index (κ3) is 4.54. The van der Waals surface area contributed by atoms with E-state index in [0.29, 0.717) is 6.61 Å². The summed E-state index contributed by atoms with van der Waals surface area (Å²) in [4.78, 5) is 10.6. The molecule has 0 aromatic heterocycles. The average Bonchev–Trinajstić information content (AvgIpc) is 2.25. The predicted molar refractivity (Wildman–Crippen MR) is 69.0 cm³/mol. The van der Waals surface area contributed by atoms with Crippen molar-refractivity contribution < 1.29 is 9.53 Å². The van der Waals surface area contributed by atoms with Crippen molar-refractivity contribution in [2.45, 2.75) is 25.1 Å². The van der Waals surface area contributed by atoms with Gasteiger partial charge in [-0.05, 0) is 36.1 Å². The van der Waals surface area contributed by atoms with Crippen molar-refractivity contribution in [3.8, 4) is 0 Å². The van der Waals surface area contributed by atoms with Crippen LogP contribution >= 0.6 is 27.5 Å². The van der Waals surface area contributed by atoms with Gasteiger partial charge in [0.1, 0.15) is 0 Å². The van der Waals surface area contributed by atoms with Crippen molar-refractivity contribution in [3.05, 3.63) is 34.3 Å². The molecule has 0 bridgehead atoms. The number of hydrogen-bond donors (Lipinski definition) is 0. The molecule has 0 saturated heterocycles. The first-order valence-corrected chi connectivity index (χ1v) is 6.60. The van der Waals surface area contributed by atoms with Crippen LogP contribution in [0.5, 0.6) is 0 Å². The number of carbonyl (C=O) groups excluding carboxylic acids is 1. The van der Waals surface area contributed by atoms with Gasteiger partial charge >= 0.3 is 5.97 Å². The first-order chi connectivity index (χ1) is 7.63. The molecule has 88 valence electrons. The van der Waals surface area contributed by atoms with E-state index < -0.39 is 0 Å². The van der Waals surface area contributed by atoms with Crippen molar-refractivity contribution in [2.75, 3.05) is 6.61 Å². The number of aryl methyl sites for hydroxylation is 1. The van der Waals surface area contributed by atoms with Crippen LogP contribution in [-0.2, 0) is 21.3 Å². The molecule has 0 aliphatic rings. The maximum absolute atomic E-state index is 10.6. The van der Waals surface area contributed by atoms with Gasteiger partial charge in [-0.15, -0.1) is 0 Å². The van der Waals surface area contributed by atoms with Crippen LogP contribution in [0, 0.1) is 0 Å². The summed E-state index contributed by atoms with van der Waals surface area (Å²) < 4.78 is 4.88. The summed E-state index contributed by atoms with van der Waals surface area (Å²) in [5.41, 5.74) is 2.43. The molecule has 0 saturated carbocycles. The average molecular weight is 306 g/mol. The molecule has 0 aliphatic carbocycles. The summed E-state index contributed by atoms with van der Waals surface area (Å²) in [6.07, 6.45) is 1.73. The highest BCUT2D eigenvalue weighted by atomic mass is 79.9. The molecule has 0 atom stereocenters. The summed E-state index contributed by atoms with van der Waals surface area (Å²) in [5, 5.41) is 1.54. The lowest BCUT2D eigenvalue weighted by molar-refractivity contribution is -0.141. The van der Waals surface area contributed by atoms with Gasteiger partial charge in [-0.3, -0.25) is 4.79 Å². The Morgan fingerprint density at radius 3 is 2.81 bits per heavy atom. The predicted octanol–water partition coefficient (Wildman–Crippen LogP) is 3.73. The lowest BCUT2D eigenvalue weighted by atomic mass is 10.0. The van der Waals surface area contributed by atoms with Crippen molar-refractivity contribution in [1.29, 1.82) is 0 Å². The molecule has 1 aromatic carbocycles. The minimum absolute atomic E-state index is 0.225. The minimum atomic E-state index is -0.225. The van der Waals surface area contributed by atoms with Crippen LogP contribution in [0.25, 0.3) is 0 Å². The number of carbonyl (C=O) groups is 1. The van der Waals surface area contributed by atoms with E-state index in [2.05, 4.69) is 15.9 Å². The number of alkyl halides is 1. The van der Waals surface area contributed by atoms with E-state index in [1.165, 1.54) is 18.1 Å². The molecule has 0 heterocycles. The summed E-state index contributed by atoms with van der Waals surface area (Å²) >= 11 is 9.34. The molecule has 1 aromatic rings. The molecule has 16 heavy (non-hydrogen) atoms. The van der Waals surface area contributed by atoms with Gasteiger partial charge in [0.2, 0.25) is 0 Å². The van der Waals surface area contributed by atoms with Gasteiger partial charge in [0.05, 0.1) is 6.61 Å². The molecule has 0 N–H and O–H groups in total. The smallest absolute Gasteiger partial charge is 0.302 e. The molecule has 2 nitrogen and oxygen atoms in total. The maximum Gasteiger partial charge on any atom is 0.302 e. The Morgan fingerprint density at radius 2 is 2.19 bits per heavy atom. The van der Waals surface area contributed by atoms with Crippen molar-refractivity contribution in [1.82, 2.24) is 0 Å². The highest BCUT2D eigenvalue weighted by Gasteiger charge is 2.03. The summed E-state index contributed by atoms with van der Waals surface area (Å²) in [5.74, 6) is -0.225. The molecule has 0 amide bonds. The highest BCUT2D eigenvalue weighted by Crippen LogP contribution is 2.19. The van der Waals surface area contributed by atoms with E-state index in [4.69, 9.17) is 16.3 Å². The number of ether oxygens (including phenoxy) is 1. The highest BCUT2D eigenvalue weighted by molar-refractivity contribution is 9.08. The van der Waals surface area contributed by atoms with Gasteiger partial charge in [-0.1, -0.05) is 33.6 Å². The molecule has 0 radical (unpaired) electrons. The molecule has 0 spiro atoms. The van der Waals surface area contributed by atoms with Crippen LogP contribution in [0.1, 0.15) is 24.5 Å². The first-order valence-electron chi connectivity index (χ1n) is 5.10. The Labute approximate surface area is 109 Å². The van der Waals surface area contributed by atoms with Crippen LogP contribution in [0.4, 0.5) is 0 Å². The summed E-state index contributed by atoms with van der Waals surface area (Å²) in [6.45, 7) is 1.89. The molecule has 0 unspecified atom stereocenters. The van der Waals surface area contributed by atoms with E-state index in [0.717, 1.165) is 23.2 Å². The van der Waals surface area contributed by atoms with Crippen molar-refractivity contribution >= 4 is 33.5 Å². The Kier molecular flexibility index (Phi) is 5.85. The molecule has 1 rings (SSSR count). The quantitative estimate of drug-likeness (QED) is 0.471. The van der Waals surface area contributed by atoms with Gasteiger partial charge < -0.3 is 4.74 Å². The first kappa shape index (κ1) is 13.5. The van der Waals surface area contributed by atoms with Gasteiger partial charge in [0.25, 0.3) is 0 Å². The van der Waals surface area contributed by atoms with Crippen LogP contribution < -0.4 is 0 Å². The second kappa shape index (κ2) is 6.92. The number of esters is 1. The van der Waals surface area contributed by atoms with E-state index >= 15 is 0 Å². The Bertz CT molecular complexity index is 366. The van der Waals surface area contributed by atoms with Gasteiger partial charge in [0.15, 0.2) is 0 Å². The second-order valence-corrected chi connectivity index (χ2v) is 4.49. The van der Waals surface area contributed by atoms with E-state index in [9.17, 15) is 4.79 Å². The fourth-order valence-corrected chi connectivity index (χ4v) is 2.16. The standard InChI is InChI=1S/C12H14BrClO2/c1-9(15)16-6-2-3-10-4-5-12(14)7-11(10)8-13/h4-5,7H,2-3,6,8H2,1H3. The third-order valence-corrected chi connectivity index (χ3v) is 3.05. The number of rotatable bonds is 5. The molecular weight excluding hydrogens is 291 g/mol. The monoisotopic (exact) mass is 304 g/mol. The fourth-order valence-electron chi connectivity index (χ4n) is 1.44. The lowest BCUT2D eigenvalue weighted by Crippen LogP contribution is -2.02. The summed E-state index contributed by atoms with van der Waals surface area (Å²) in [7, 11) is 0. The molecular formula is C12H14BrClO2. The maximum atomic E-state index is 10.6. The summed E-state index contributed by atoms with van der Waals surface area (Å²) in [6, 6.07) is 5.86. The third-order valence-electron chi connectivity index (χ3n) is 2.21. The Morgan fingerprint density at radius 1 is 1.44 bits per heavy atom. The van der Waals surface area contributed by atoms with Gasteiger partial charge in [0, 0.05) is 17.3 Å².